The van der Waals surface area contributed by atoms with Crippen LogP contribution >= 0.6 is 11.6 Å². The van der Waals surface area contributed by atoms with E-state index in [1.165, 1.54) is 0 Å². The van der Waals surface area contributed by atoms with Crippen LogP contribution in [0.25, 0.3) is 17.0 Å². The number of para-hydroxylation sites is 1. The van der Waals surface area contributed by atoms with Crippen LogP contribution in [0, 0.1) is 0 Å². The van der Waals surface area contributed by atoms with Gasteiger partial charge in [-0.25, -0.2) is 0 Å². The van der Waals surface area contributed by atoms with Gasteiger partial charge in [0, 0.05) is 42.7 Å². The van der Waals surface area contributed by atoms with Crippen LogP contribution in [-0.2, 0) is 4.79 Å². The predicted octanol–water partition coefficient (Wildman–Crippen LogP) is 5.70. The van der Waals surface area contributed by atoms with E-state index in [0.717, 1.165) is 16.6 Å². The lowest BCUT2D eigenvalue weighted by Crippen LogP contribution is -2.48. The Labute approximate surface area is 208 Å². The highest BCUT2D eigenvalue weighted by molar-refractivity contribution is 6.31. The fraction of sp³-hybridized carbons (Fsp3) is 0.143. The minimum absolute atomic E-state index is 0.0111. The molecular formula is C28H24ClN3O3. The van der Waals surface area contributed by atoms with Gasteiger partial charge in [-0.2, -0.15) is 0 Å². The van der Waals surface area contributed by atoms with Crippen molar-refractivity contribution in [2.24, 2.45) is 0 Å². The average Bonchev–Trinajstić information content (AvgIpc) is 3.33. The van der Waals surface area contributed by atoms with Gasteiger partial charge in [-0.15, -0.1) is 0 Å². The van der Waals surface area contributed by atoms with Crippen LogP contribution in [0.15, 0.2) is 89.4 Å². The largest absolute Gasteiger partial charge is 0.451 e. The number of halogens is 1. The van der Waals surface area contributed by atoms with Gasteiger partial charge in [0.15, 0.2) is 5.76 Å². The number of hydrogen-bond donors (Lipinski definition) is 1. The number of benzene rings is 3. The fourth-order valence-electron chi connectivity index (χ4n) is 4.17. The summed E-state index contributed by atoms with van der Waals surface area (Å²) in [6, 6.07) is 24.4. The Hall–Kier alpha value is -4.03. The number of fused-ring (bicyclic) bond motifs is 1. The molecule has 1 fully saturated rings. The Bertz CT molecular complexity index is 1360. The summed E-state index contributed by atoms with van der Waals surface area (Å²) in [5.74, 6) is -0.120. The lowest BCUT2D eigenvalue weighted by atomic mass is 10.2. The molecule has 0 radical (unpaired) electrons. The average molecular weight is 486 g/mol. The van der Waals surface area contributed by atoms with Gasteiger partial charge in [0.1, 0.15) is 5.58 Å². The molecule has 5 rings (SSSR count). The second-order valence-corrected chi connectivity index (χ2v) is 8.76. The summed E-state index contributed by atoms with van der Waals surface area (Å²) in [6.45, 7) is 2.44. The predicted molar refractivity (Wildman–Crippen MR) is 140 cm³/mol. The van der Waals surface area contributed by atoms with Crippen molar-refractivity contribution in [1.29, 1.82) is 0 Å². The Morgan fingerprint density at radius 2 is 1.63 bits per heavy atom. The van der Waals surface area contributed by atoms with Gasteiger partial charge in [0.25, 0.3) is 5.91 Å². The SMILES string of the molecule is O=C(Nc1cc(Cl)ccc1N1CCN(C(=O)/C=C/c2ccccc2)CC1)c1cc2ccccc2o1. The lowest BCUT2D eigenvalue weighted by Gasteiger charge is -2.36. The zero-order valence-corrected chi connectivity index (χ0v) is 19.7. The summed E-state index contributed by atoms with van der Waals surface area (Å²) in [7, 11) is 0. The summed E-state index contributed by atoms with van der Waals surface area (Å²) in [6.07, 6.45) is 3.45. The van der Waals surface area contributed by atoms with Gasteiger partial charge in [-0.1, -0.05) is 60.1 Å². The fourth-order valence-corrected chi connectivity index (χ4v) is 4.34. The highest BCUT2D eigenvalue weighted by atomic mass is 35.5. The van der Waals surface area contributed by atoms with Crippen molar-refractivity contribution >= 4 is 51.8 Å². The van der Waals surface area contributed by atoms with E-state index >= 15 is 0 Å². The third-order valence-electron chi connectivity index (χ3n) is 6.01. The van der Waals surface area contributed by atoms with Crippen LogP contribution in [0.4, 0.5) is 11.4 Å². The highest BCUT2D eigenvalue weighted by Crippen LogP contribution is 2.31. The number of hydrogen-bond acceptors (Lipinski definition) is 4. The Morgan fingerprint density at radius 3 is 2.40 bits per heavy atom. The van der Waals surface area contributed by atoms with E-state index in [-0.39, 0.29) is 17.6 Å². The molecule has 0 atom stereocenters. The minimum atomic E-state index is -0.343. The second-order valence-electron chi connectivity index (χ2n) is 8.32. The van der Waals surface area contributed by atoms with Crippen molar-refractivity contribution in [2.75, 3.05) is 36.4 Å². The molecule has 0 unspecified atom stereocenters. The van der Waals surface area contributed by atoms with Crippen LogP contribution in [0.3, 0.4) is 0 Å². The summed E-state index contributed by atoms with van der Waals surface area (Å²) in [5.41, 5.74) is 3.11. The molecule has 176 valence electrons. The first kappa shape index (κ1) is 22.7. The lowest BCUT2D eigenvalue weighted by molar-refractivity contribution is -0.126. The van der Waals surface area contributed by atoms with Crippen LogP contribution in [0.5, 0.6) is 0 Å². The van der Waals surface area contributed by atoms with E-state index in [2.05, 4.69) is 10.2 Å². The Kier molecular flexibility index (Phi) is 6.55. The van der Waals surface area contributed by atoms with Crippen molar-refractivity contribution in [3.8, 4) is 0 Å². The van der Waals surface area contributed by atoms with Crippen LogP contribution in [0.1, 0.15) is 16.1 Å². The standard InChI is InChI=1S/C28H24ClN3O3/c29-22-11-12-24(23(19-22)30-28(34)26-18-21-8-4-5-9-25(21)35-26)31-14-16-32(17-15-31)27(33)13-10-20-6-2-1-3-7-20/h1-13,18-19H,14-17H2,(H,30,34)/b13-10+. The summed E-state index contributed by atoms with van der Waals surface area (Å²) in [5, 5.41) is 4.34. The molecule has 0 bridgehead atoms. The van der Waals surface area contributed by atoms with Crippen LogP contribution in [0.2, 0.25) is 5.02 Å². The Morgan fingerprint density at radius 1 is 0.886 bits per heavy atom. The van der Waals surface area contributed by atoms with Gasteiger partial charge < -0.3 is 19.5 Å². The van der Waals surface area contributed by atoms with Gasteiger partial charge in [0.05, 0.1) is 11.4 Å². The van der Waals surface area contributed by atoms with E-state index in [4.69, 9.17) is 16.0 Å². The number of piperazine rings is 1. The molecule has 35 heavy (non-hydrogen) atoms. The number of nitrogens with one attached hydrogen (secondary N) is 1. The summed E-state index contributed by atoms with van der Waals surface area (Å²) in [4.78, 5) is 29.6. The summed E-state index contributed by atoms with van der Waals surface area (Å²) < 4.78 is 5.70. The van der Waals surface area contributed by atoms with E-state index in [1.54, 1.807) is 24.3 Å². The van der Waals surface area contributed by atoms with Gasteiger partial charge in [-0.05, 0) is 42.0 Å². The molecule has 2 heterocycles. The summed E-state index contributed by atoms with van der Waals surface area (Å²) >= 11 is 6.25. The maximum absolute atomic E-state index is 12.9. The number of carbonyl (C=O) groups excluding carboxylic acids is 2. The Balaban J connectivity index is 1.26. The first-order valence-corrected chi connectivity index (χ1v) is 11.8. The monoisotopic (exact) mass is 485 g/mol. The minimum Gasteiger partial charge on any atom is -0.451 e. The molecule has 1 aromatic heterocycles. The van der Waals surface area contributed by atoms with E-state index in [9.17, 15) is 9.59 Å². The molecule has 0 aliphatic carbocycles. The van der Waals surface area contributed by atoms with Crippen molar-refractivity contribution in [2.45, 2.75) is 0 Å². The number of carbonyl (C=O) groups is 2. The zero-order valence-electron chi connectivity index (χ0n) is 19.0. The van der Waals surface area contributed by atoms with Gasteiger partial charge in [-0.3, -0.25) is 9.59 Å². The molecular weight excluding hydrogens is 462 g/mol. The molecule has 4 aromatic rings. The molecule has 1 N–H and O–H groups in total. The number of furan rings is 1. The van der Waals surface area contributed by atoms with E-state index < -0.39 is 0 Å². The third-order valence-corrected chi connectivity index (χ3v) is 6.24. The number of amides is 2. The molecule has 3 aromatic carbocycles. The van der Waals surface area contributed by atoms with Gasteiger partial charge in [0.2, 0.25) is 5.91 Å². The molecule has 7 heteroatoms. The highest BCUT2D eigenvalue weighted by Gasteiger charge is 2.23. The maximum atomic E-state index is 12.9. The quantitative estimate of drug-likeness (QED) is 0.368. The molecule has 1 saturated heterocycles. The molecule has 6 nitrogen and oxygen atoms in total. The number of nitrogens with zero attached hydrogens (tertiary/aromatic N) is 2. The normalized spacial score (nSPS) is 14.0. The molecule has 1 aliphatic heterocycles. The number of rotatable bonds is 5. The topological polar surface area (TPSA) is 65.8 Å². The van der Waals surface area contributed by atoms with Crippen LogP contribution < -0.4 is 10.2 Å². The third kappa shape index (κ3) is 5.23. The number of anilines is 2. The van der Waals surface area contributed by atoms with E-state index in [1.807, 2.05) is 71.6 Å². The van der Waals surface area contributed by atoms with Crippen molar-refractivity contribution in [1.82, 2.24) is 4.90 Å². The molecule has 1 aliphatic rings. The van der Waals surface area contributed by atoms with Crippen molar-refractivity contribution < 1.29 is 14.0 Å². The first-order chi connectivity index (χ1) is 17.1. The maximum Gasteiger partial charge on any atom is 0.291 e. The van der Waals surface area contributed by atoms with Crippen molar-refractivity contribution in [3.63, 3.8) is 0 Å². The van der Waals surface area contributed by atoms with E-state index in [0.29, 0.717) is 42.5 Å². The second kappa shape index (κ2) is 10.1. The smallest absolute Gasteiger partial charge is 0.291 e. The van der Waals surface area contributed by atoms with Crippen molar-refractivity contribution in [3.05, 3.63) is 101 Å². The first-order valence-electron chi connectivity index (χ1n) is 11.4. The molecule has 2 amide bonds. The molecule has 0 spiro atoms. The van der Waals surface area contributed by atoms with Crippen LogP contribution in [-0.4, -0.2) is 42.9 Å². The van der Waals surface area contributed by atoms with Gasteiger partial charge >= 0.3 is 0 Å². The molecule has 0 saturated carbocycles. The zero-order chi connectivity index (χ0) is 24.2.